The quantitative estimate of drug-likeness (QED) is 0.494. The number of carbonyl (C=O) groups is 3. The monoisotopic (exact) mass is 555 g/mol. The van der Waals surface area contributed by atoms with Crippen LogP contribution in [0.1, 0.15) is 72.3 Å². The summed E-state index contributed by atoms with van der Waals surface area (Å²) in [5.74, 6) is -2.34. The number of rotatable bonds is 6. The van der Waals surface area contributed by atoms with Crippen LogP contribution >= 0.6 is 0 Å². The number of ether oxygens (including phenoxy) is 2. The Morgan fingerprint density at radius 2 is 1.77 bits per heavy atom. The molecule has 0 radical (unpaired) electrons. The molecule has 40 heavy (non-hydrogen) atoms. The van der Waals surface area contributed by atoms with Crippen LogP contribution in [0.2, 0.25) is 0 Å². The first kappa shape index (κ1) is 28.0. The normalized spacial score (nSPS) is 25.4. The van der Waals surface area contributed by atoms with Gasteiger partial charge in [0.05, 0.1) is 12.2 Å². The van der Waals surface area contributed by atoms with Crippen molar-refractivity contribution in [2.24, 2.45) is 0 Å². The summed E-state index contributed by atoms with van der Waals surface area (Å²) in [5, 5.41) is 2.97. The molecule has 2 saturated heterocycles. The van der Waals surface area contributed by atoms with E-state index in [1.165, 1.54) is 6.07 Å². The maximum atomic E-state index is 13.7. The van der Waals surface area contributed by atoms with Gasteiger partial charge in [-0.3, -0.25) is 4.90 Å². The number of carbonyl (C=O) groups excluding carboxylic acids is 3. The average molecular weight is 556 g/mol. The summed E-state index contributed by atoms with van der Waals surface area (Å²) >= 11 is 0. The molecule has 2 aromatic carbocycles. The molecule has 2 aliphatic heterocycles. The first-order chi connectivity index (χ1) is 19.3. The minimum atomic E-state index is -0.978. The molecule has 3 amide bonds. The van der Waals surface area contributed by atoms with E-state index in [1.807, 2.05) is 31.2 Å². The molecule has 10 heteroatoms. The Kier molecular flexibility index (Phi) is 8.63. The van der Waals surface area contributed by atoms with Gasteiger partial charge in [0.2, 0.25) is 0 Å². The van der Waals surface area contributed by atoms with Crippen LogP contribution in [-0.4, -0.2) is 72.8 Å². The van der Waals surface area contributed by atoms with Crippen molar-refractivity contribution in [1.82, 2.24) is 15.1 Å². The van der Waals surface area contributed by atoms with Crippen molar-refractivity contribution >= 4 is 18.1 Å². The van der Waals surface area contributed by atoms with Crippen LogP contribution in [0.25, 0.3) is 0 Å². The van der Waals surface area contributed by atoms with Gasteiger partial charge in [-0.2, -0.15) is 0 Å². The van der Waals surface area contributed by atoms with E-state index in [2.05, 4.69) is 10.2 Å². The summed E-state index contributed by atoms with van der Waals surface area (Å²) in [6.07, 6.45) is 3.97. The maximum absolute atomic E-state index is 13.7. The first-order valence-corrected chi connectivity index (χ1v) is 14.0. The second kappa shape index (κ2) is 12.3. The highest BCUT2D eigenvalue weighted by Crippen LogP contribution is 2.37. The molecule has 0 bridgehead atoms. The number of esters is 1. The Morgan fingerprint density at radius 1 is 1.00 bits per heavy atom. The van der Waals surface area contributed by atoms with Crippen molar-refractivity contribution in [2.45, 2.75) is 62.9 Å². The van der Waals surface area contributed by atoms with Gasteiger partial charge in [0.25, 0.3) is 0 Å². The maximum Gasteiger partial charge on any atom is 0.418 e. The molecule has 1 N–H and O–H groups in total. The van der Waals surface area contributed by atoms with Gasteiger partial charge in [0.15, 0.2) is 11.6 Å². The predicted molar refractivity (Wildman–Crippen MR) is 143 cm³/mol. The summed E-state index contributed by atoms with van der Waals surface area (Å²) in [5.41, 5.74) is 2.18. The smallest absolute Gasteiger partial charge is 0.418 e. The van der Waals surface area contributed by atoms with Gasteiger partial charge in [-0.05, 0) is 74.3 Å². The summed E-state index contributed by atoms with van der Waals surface area (Å²) in [4.78, 5) is 41.2. The summed E-state index contributed by atoms with van der Waals surface area (Å²) in [6, 6.07) is 11.0. The Balaban J connectivity index is 1.13. The topological polar surface area (TPSA) is 88.2 Å². The number of cyclic esters (lactones) is 1. The third-order valence-corrected chi connectivity index (χ3v) is 8.35. The number of amides is 3. The van der Waals surface area contributed by atoms with Crippen molar-refractivity contribution in [3.63, 3.8) is 0 Å². The first-order valence-electron chi connectivity index (χ1n) is 14.0. The van der Waals surface area contributed by atoms with Crippen LogP contribution in [0.4, 0.5) is 18.4 Å². The van der Waals surface area contributed by atoms with E-state index in [1.54, 1.807) is 0 Å². The molecule has 3 fully saturated rings. The highest BCUT2D eigenvalue weighted by molar-refractivity contribution is 5.92. The summed E-state index contributed by atoms with van der Waals surface area (Å²) in [7, 11) is 0. The highest BCUT2D eigenvalue weighted by Gasteiger charge is 2.37. The number of imide groups is 1. The molecule has 2 atom stereocenters. The van der Waals surface area contributed by atoms with Gasteiger partial charge in [-0.1, -0.05) is 24.3 Å². The molecule has 1 saturated carbocycles. The zero-order valence-electron chi connectivity index (χ0n) is 22.6. The Morgan fingerprint density at radius 3 is 2.52 bits per heavy atom. The minimum Gasteiger partial charge on any atom is -0.462 e. The molecule has 1 aliphatic carbocycles. The zero-order valence-corrected chi connectivity index (χ0v) is 22.6. The fourth-order valence-corrected chi connectivity index (χ4v) is 6.22. The van der Waals surface area contributed by atoms with Crippen LogP contribution < -0.4 is 5.32 Å². The SMILES string of the molecule is CCOC(=O)c1ccccc1C1CCC(N2CCC(NC(=O)N3C[C@@H](c4ccc(F)c(F)c4)COC3=O)C2)CC1. The third kappa shape index (κ3) is 6.11. The van der Waals surface area contributed by atoms with Crippen LogP contribution in [0.5, 0.6) is 0 Å². The van der Waals surface area contributed by atoms with Crippen molar-refractivity contribution < 1.29 is 32.6 Å². The third-order valence-electron chi connectivity index (χ3n) is 8.35. The number of nitrogens with zero attached hydrogens (tertiary/aromatic N) is 2. The minimum absolute atomic E-state index is 0.00215. The van der Waals surface area contributed by atoms with E-state index in [0.717, 1.165) is 61.2 Å². The molecular weight excluding hydrogens is 520 g/mol. The van der Waals surface area contributed by atoms with Crippen LogP contribution in [0.3, 0.4) is 0 Å². The second-order valence-corrected chi connectivity index (χ2v) is 10.8. The predicted octanol–water partition coefficient (Wildman–Crippen LogP) is 5.19. The molecule has 5 rings (SSSR count). The molecule has 3 aliphatic rings. The van der Waals surface area contributed by atoms with E-state index in [9.17, 15) is 23.2 Å². The van der Waals surface area contributed by atoms with Crippen LogP contribution in [0, 0.1) is 11.6 Å². The highest BCUT2D eigenvalue weighted by atomic mass is 19.2. The number of nitrogens with one attached hydrogen (secondary N) is 1. The van der Waals surface area contributed by atoms with Crippen LogP contribution in [-0.2, 0) is 9.47 Å². The Labute approximate surface area is 232 Å². The lowest BCUT2D eigenvalue weighted by atomic mass is 9.79. The van der Waals surface area contributed by atoms with E-state index in [4.69, 9.17) is 9.47 Å². The molecule has 2 heterocycles. The van der Waals surface area contributed by atoms with Gasteiger partial charge in [-0.25, -0.2) is 28.1 Å². The molecule has 0 aromatic heterocycles. The lowest BCUT2D eigenvalue weighted by molar-refractivity contribution is 0.0523. The summed E-state index contributed by atoms with van der Waals surface area (Å²) in [6.45, 7) is 3.72. The number of hydrogen-bond acceptors (Lipinski definition) is 6. The average Bonchev–Trinajstić information content (AvgIpc) is 3.43. The van der Waals surface area contributed by atoms with Crippen molar-refractivity contribution in [2.75, 3.05) is 32.8 Å². The van der Waals surface area contributed by atoms with Crippen molar-refractivity contribution in [3.05, 3.63) is 70.8 Å². The molecule has 8 nitrogen and oxygen atoms in total. The lowest BCUT2D eigenvalue weighted by Gasteiger charge is -2.35. The van der Waals surface area contributed by atoms with Gasteiger partial charge in [0, 0.05) is 37.6 Å². The van der Waals surface area contributed by atoms with E-state index in [-0.39, 0.29) is 25.2 Å². The van der Waals surface area contributed by atoms with Gasteiger partial charge >= 0.3 is 18.1 Å². The number of halogens is 2. The molecule has 0 spiro atoms. The van der Waals surface area contributed by atoms with Crippen molar-refractivity contribution in [3.8, 4) is 0 Å². The second-order valence-electron chi connectivity index (χ2n) is 10.8. The Hall–Kier alpha value is -3.53. The van der Waals surface area contributed by atoms with Crippen molar-refractivity contribution in [1.29, 1.82) is 0 Å². The number of benzene rings is 2. The standard InChI is InChI=1S/C30H35F2N3O5/c1-2-39-28(36)25-6-4-3-5-24(25)19-7-10-23(11-8-19)34-14-13-22(17-34)33-29(37)35-16-21(18-40-30(35)38)20-9-12-26(31)27(32)15-20/h3-6,9,12,15,19,21-23H,2,7-8,10-11,13-14,16-18H2,1H3,(H,33,37)/t19?,21-,22?,23?/m1/s1. The van der Waals surface area contributed by atoms with Gasteiger partial charge in [0.1, 0.15) is 6.61 Å². The van der Waals surface area contributed by atoms with E-state index in [0.29, 0.717) is 36.2 Å². The molecule has 1 unspecified atom stereocenters. The molecular formula is C30H35F2N3O5. The van der Waals surface area contributed by atoms with Gasteiger partial charge < -0.3 is 14.8 Å². The van der Waals surface area contributed by atoms with Crippen LogP contribution in [0.15, 0.2) is 42.5 Å². The largest absolute Gasteiger partial charge is 0.462 e. The number of urea groups is 1. The fraction of sp³-hybridized carbons (Fsp3) is 0.500. The number of hydrogen-bond donors (Lipinski definition) is 1. The molecule has 2 aromatic rings. The van der Waals surface area contributed by atoms with E-state index < -0.39 is 29.7 Å². The Bertz CT molecular complexity index is 1250. The lowest BCUT2D eigenvalue weighted by Crippen LogP contribution is -2.52. The zero-order chi connectivity index (χ0) is 28.2. The van der Waals surface area contributed by atoms with E-state index >= 15 is 0 Å². The van der Waals surface area contributed by atoms with Gasteiger partial charge in [-0.15, -0.1) is 0 Å². The number of likely N-dealkylation sites (tertiary alicyclic amines) is 1. The summed E-state index contributed by atoms with van der Waals surface area (Å²) < 4.78 is 37.5. The fourth-order valence-electron chi connectivity index (χ4n) is 6.22. The molecule has 214 valence electrons.